The van der Waals surface area contributed by atoms with Crippen molar-refractivity contribution in [3.05, 3.63) is 34.4 Å². The number of carboxylic acids is 1. The minimum Gasteiger partial charge on any atom is -0.481 e. The first kappa shape index (κ1) is 37.7. The van der Waals surface area contributed by atoms with Gasteiger partial charge in [0.25, 0.3) is 5.69 Å². The van der Waals surface area contributed by atoms with Crippen LogP contribution in [0, 0.1) is 16.0 Å². The minimum absolute atomic E-state index is 0.0137. The number of carbonyl (C=O) groups excluding carboxylic acids is 5. The number of benzene rings is 1. The summed E-state index contributed by atoms with van der Waals surface area (Å²) in [6.45, 7) is 4.10. The fraction of sp³-hybridized carbons (Fsp3) is 0.519. The molecule has 4 atom stereocenters. The average molecular weight is 636 g/mol. The first-order valence-corrected chi connectivity index (χ1v) is 14.1. The van der Waals surface area contributed by atoms with Crippen LogP contribution in [-0.2, 0) is 28.8 Å². The molecule has 45 heavy (non-hydrogen) atoms. The molecule has 0 saturated carbocycles. The van der Waals surface area contributed by atoms with E-state index < -0.39 is 71.5 Å². The van der Waals surface area contributed by atoms with Crippen LogP contribution in [0.25, 0.3) is 0 Å². The van der Waals surface area contributed by atoms with E-state index in [0.29, 0.717) is 6.42 Å². The van der Waals surface area contributed by atoms with Crippen molar-refractivity contribution >= 4 is 52.8 Å². The van der Waals surface area contributed by atoms with Crippen LogP contribution in [0.3, 0.4) is 0 Å². The van der Waals surface area contributed by atoms with E-state index in [1.165, 1.54) is 19.1 Å². The summed E-state index contributed by atoms with van der Waals surface area (Å²) in [6, 6.07) is 1.01. The van der Waals surface area contributed by atoms with Gasteiger partial charge in [0.2, 0.25) is 29.5 Å². The molecule has 0 aliphatic rings. The smallest absolute Gasteiger partial charge is 0.303 e. The Labute approximate surface area is 259 Å². The number of amides is 5. The van der Waals surface area contributed by atoms with Gasteiger partial charge in [0.15, 0.2) is 5.96 Å². The molecular formula is C27H41N9O9. The fourth-order valence-electron chi connectivity index (χ4n) is 4.21. The topological polar surface area (TPSA) is 296 Å². The lowest BCUT2D eigenvalue weighted by atomic mass is 9.97. The SMILES string of the molecule is CC[C@H](C)[C@H](NC(C)=O)C(=O)N[C@@H](CCC(=O)O)C(=O)NCC(=O)N(c1ccc([N+](=O)[O-])cc1)[C@@H](CCCN=C(N)N)C(N)=O. The standard InChI is InChI=1S/C27H41N9O9/c1-4-15(2)23(33-16(3)37)26(43)34-19(11-12-22(39)40)25(42)32-14-21(38)35(17-7-9-18(10-8-17)36(44)45)20(24(28)41)6-5-13-31-27(29)30/h7-10,15,19-20,23H,4-6,11-14H2,1-3H3,(H2,28,41)(H,32,42)(H,33,37)(H,34,43)(H,39,40)(H4,29,30,31)/t15-,19-,20-,23-/m0/s1. The van der Waals surface area contributed by atoms with E-state index in [4.69, 9.17) is 22.3 Å². The van der Waals surface area contributed by atoms with Crippen LogP contribution in [-0.4, -0.2) is 82.7 Å². The number of non-ortho nitro benzene ring substituents is 1. The fourth-order valence-corrected chi connectivity index (χ4v) is 4.21. The van der Waals surface area contributed by atoms with Crippen molar-refractivity contribution in [2.24, 2.45) is 28.1 Å². The Morgan fingerprint density at radius 3 is 2.13 bits per heavy atom. The minimum atomic E-state index is -1.40. The van der Waals surface area contributed by atoms with E-state index in [1.54, 1.807) is 13.8 Å². The number of hydrogen-bond acceptors (Lipinski definition) is 9. The quantitative estimate of drug-likeness (QED) is 0.0313. The number of primary amides is 1. The van der Waals surface area contributed by atoms with Crippen molar-refractivity contribution in [1.82, 2.24) is 16.0 Å². The molecule has 0 aromatic heterocycles. The van der Waals surface area contributed by atoms with Crippen molar-refractivity contribution < 1.29 is 38.8 Å². The van der Waals surface area contributed by atoms with Gasteiger partial charge in [0.1, 0.15) is 18.1 Å². The monoisotopic (exact) mass is 635 g/mol. The molecule has 1 rings (SSSR count). The van der Waals surface area contributed by atoms with E-state index in [1.807, 2.05) is 0 Å². The summed E-state index contributed by atoms with van der Waals surface area (Å²) in [7, 11) is 0. The number of guanidine groups is 1. The second-order valence-electron chi connectivity index (χ2n) is 10.2. The third-order valence-corrected chi connectivity index (χ3v) is 6.73. The number of nitrogens with two attached hydrogens (primary N) is 3. The number of aliphatic carboxylic acids is 1. The average Bonchev–Trinajstić information content (AvgIpc) is 2.97. The lowest BCUT2D eigenvalue weighted by molar-refractivity contribution is -0.384. The molecule has 1 aromatic rings. The maximum Gasteiger partial charge on any atom is 0.303 e. The van der Waals surface area contributed by atoms with Crippen LogP contribution in [0.5, 0.6) is 0 Å². The van der Waals surface area contributed by atoms with Crippen LogP contribution in [0.15, 0.2) is 29.3 Å². The summed E-state index contributed by atoms with van der Waals surface area (Å²) in [5, 5.41) is 27.6. The highest BCUT2D eigenvalue weighted by atomic mass is 16.6. The van der Waals surface area contributed by atoms with Gasteiger partial charge in [-0.15, -0.1) is 0 Å². The molecule has 10 N–H and O–H groups in total. The zero-order valence-corrected chi connectivity index (χ0v) is 25.4. The predicted molar refractivity (Wildman–Crippen MR) is 162 cm³/mol. The summed E-state index contributed by atoms with van der Waals surface area (Å²) >= 11 is 0. The van der Waals surface area contributed by atoms with Gasteiger partial charge < -0.3 is 38.3 Å². The zero-order valence-electron chi connectivity index (χ0n) is 25.4. The maximum absolute atomic E-state index is 13.5. The van der Waals surface area contributed by atoms with Gasteiger partial charge in [-0.2, -0.15) is 0 Å². The van der Waals surface area contributed by atoms with E-state index in [9.17, 15) is 38.9 Å². The van der Waals surface area contributed by atoms with Crippen LogP contribution in [0.1, 0.15) is 52.9 Å². The van der Waals surface area contributed by atoms with E-state index in [0.717, 1.165) is 17.0 Å². The van der Waals surface area contributed by atoms with Crippen molar-refractivity contribution in [1.29, 1.82) is 0 Å². The highest BCUT2D eigenvalue weighted by Crippen LogP contribution is 2.23. The molecule has 18 nitrogen and oxygen atoms in total. The number of nitrogens with one attached hydrogen (secondary N) is 3. The summed E-state index contributed by atoms with van der Waals surface area (Å²) in [5.74, 6) is -5.64. The number of nitro groups is 1. The predicted octanol–water partition coefficient (Wildman–Crippen LogP) is -1.15. The van der Waals surface area contributed by atoms with Gasteiger partial charge in [-0.25, -0.2) is 0 Å². The number of carbonyl (C=O) groups is 6. The molecule has 18 heteroatoms. The normalized spacial score (nSPS) is 13.2. The molecule has 1 aromatic carbocycles. The molecule has 0 saturated heterocycles. The van der Waals surface area contributed by atoms with Crippen LogP contribution >= 0.6 is 0 Å². The van der Waals surface area contributed by atoms with Gasteiger partial charge in [-0.05, 0) is 37.3 Å². The number of hydrogen-bond donors (Lipinski definition) is 7. The third-order valence-electron chi connectivity index (χ3n) is 6.73. The highest BCUT2D eigenvalue weighted by molar-refractivity contribution is 6.03. The maximum atomic E-state index is 13.5. The lowest BCUT2D eigenvalue weighted by Gasteiger charge is -2.30. The Morgan fingerprint density at radius 1 is 1.02 bits per heavy atom. The molecule has 0 bridgehead atoms. The molecule has 0 fully saturated rings. The van der Waals surface area contributed by atoms with E-state index in [2.05, 4.69) is 20.9 Å². The molecule has 0 heterocycles. The first-order chi connectivity index (χ1) is 21.1. The molecule has 0 unspecified atom stereocenters. The van der Waals surface area contributed by atoms with Gasteiger partial charge >= 0.3 is 5.97 Å². The molecule has 0 radical (unpaired) electrons. The Balaban J connectivity index is 3.28. The number of nitro benzene ring substituents is 1. The number of carboxylic acid groups (broad SMARTS) is 1. The van der Waals surface area contributed by atoms with Gasteiger partial charge in [0, 0.05) is 37.7 Å². The van der Waals surface area contributed by atoms with Crippen molar-refractivity contribution in [3.8, 4) is 0 Å². The Kier molecular flexibility index (Phi) is 15.4. The van der Waals surface area contributed by atoms with Crippen molar-refractivity contribution in [2.45, 2.75) is 71.0 Å². The molecule has 0 spiro atoms. The Morgan fingerprint density at radius 2 is 1.64 bits per heavy atom. The molecule has 0 aliphatic heterocycles. The highest BCUT2D eigenvalue weighted by Gasteiger charge is 2.32. The third kappa shape index (κ3) is 12.9. The van der Waals surface area contributed by atoms with Crippen molar-refractivity contribution in [3.63, 3.8) is 0 Å². The molecular weight excluding hydrogens is 594 g/mol. The largest absolute Gasteiger partial charge is 0.481 e. The first-order valence-electron chi connectivity index (χ1n) is 14.1. The van der Waals surface area contributed by atoms with E-state index in [-0.39, 0.29) is 49.1 Å². The Bertz CT molecular complexity index is 1270. The van der Waals surface area contributed by atoms with Crippen LogP contribution in [0.4, 0.5) is 11.4 Å². The number of aliphatic imine (C=N–C) groups is 1. The van der Waals surface area contributed by atoms with Gasteiger partial charge in [-0.3, -0.25) is 48.8 Å². The van der Waals surface area contributed by atoms with Gasteiger partial charge in [-0.1, -0.05) is 20.3 Å². The summed E-state index contributed by atoms with van der Waals surface area (Å²) in [6.07, 6.45) is -0.141. The summed E-state index contributed by atoms with van der Waals surface area (Å²) in [4.78, 5) is 90.3. The lowest BCUT2D eigenvalue weighted by Crippen LogP contribution is -2.57. The van der Waals surface area contributed by atoms with E-state index >= 15 is 0 Å². The Hall–Kier alpha value is -5.29. The number of anilines is 1. The van der Waals surface area contributed by atoms with Crippen LogP contribution in [0.2, 0.25) is 0 Å². The second-order valence-corrected chi connectivity index (χ2v) is 10.2. The zero-order chi connectivity index (χ0) is 34.3. The van der Waals surface area contributed by atoms with Gasteiger partial charge in [0.05, 0.1) is 11.5 Å². The molecule has 248 valence electrons. The van der Waals surface area contributed by atoms with Crippen molar-refractivity contribution in [2.75, 3.05) is 18.0 Å². The summed E-state index contributed by atoms with van der Waals surface area (Å²) < 4.78 is 0. The number of nitrogens with zero attached hydrogens (tertiary/aromatic N) is 3. The molecule has 0 aliphatic carbocycles. The number of rotatable bonds is 19. The molecule has 5 amide bonds. The second kappa shape index (κ2) is 18.4. The van der Waals surface area contributed by atoms with Crippen LogP contribution < -0.4 is 38.1 Å². The summed E-state index contributed by atoms with van der Waals surface area (Å²) in [5.41, 5.74) is 16.0.